The number of halogens is 2. The van der Waals surface area contributed by atoms with Gasteiger partial charge >= 0.3 is 0 Å². The van der Waals surface area contributed by atoms with Gasteiger partial charge in [-0.15, -0.1) is 0 Å². The summed E-state index contributed by atoms with van der Waals surface area (Å²) in [5.41, 5.74) is 10.2. The number of likely N-dealkylation sites (tertiary alicyclic amines) is 2. The van der Waals surface area contributed by atoms with Crippen molar-refractivity contribution in [2.45, 2.75) is 348 Å². The largest absolute Gasteiger partial charge is 0.379 e. The van der Waals surface area contributed by atoms with Crippen LogP contribution in [0.4, 0.5) is 4.39 Å². The summed E-state index contributed by atoms with van der Waals surface area (Å²) in [5, 5.41) is 0.873. The van der Waals surface area contributed by atoms with Gasteiger partial charge in [0.15, 0.2) is 0 Å². The van der Waals surface area contributed by atoms with E-state index in [1.54, 1.807) is 28.0 Å². The van der Waals surface area contributed by atoms with Crippen LogP contribution in [0.15, 0.2) is 146 Å². The van der Waals surface area contributed by atoms with Gasteiger partial charge in [0, 0.05) is 203 Å². The fourth-order valence-corrected chi connectivity index (χ4v) is 22.1. The molecule has 0 radical (unpaired) electrons. The fraction of sp³-hybridized carbons (Fsp3) is 0.676. The minimum absolute atomic E-state index is 0.0678. The van der Waals surface area contributed by atoms with E-state index < -0.39 is 29.8 Å². The Balaban J connectivity index is 0.000000378. The summed E-state index contributed by atoms with van der Waals surface area (Å²) >= 11 is 5.92. The molecule has 19 nitrogen and oxygen atoms in total. The molecule has 752 valence electrons. The van der Waals surface area contributed by atoms with Crippen LogP contribution < -0.4 is 0 Å². The summed E-state index contributed by atoms with van der Waals surface area (Å²) in [5.74, 6) is 5.91. The van der Waals surface area contributed by atoms with E-state index in [9.17, 15) is 25.4 Å². The molecule has 132 heavy (non-hydrogen) atoms. The highest BCUT2D eigenvalue weighted by Crippen LogP contribution is 2.34. The second-order valence-electron chi connectivity index (χ2n) is 40.0. The Bertz CT molecular complexity index is 4250. The van der Waals surface area contributed by atoms with Crippen LogP contribution in [0.1, 0.15) is 300 Å². The zero-order valence-electron chi connectivity index (χ0n) is 88.3. The van der Waals surface area contributed by atoms with Crippen molar-refractivity contribution >= 4 is 47.2 Å². The van der Waals surface area contributed by atoms with E-state index in [0.717, 1.165) is 95.9 Å². The van der Waals surface area contributed by atoms with Crippen LogP contribution in [0.25, 0.3) is 0 Å². The number of sulfonamides is 2. The van der Waals surface area contributed by atoms with Crippen LogP contribution in [-0.4, -0.2) is 287 Å². The van der Waals surface area contributed by atoms with Crippen LogP contribution in [-0.2, 0) is 45.0 Å². The average molecular weight is 1920 g/mol. The van der Waals surface area contributed by atoms with Gasteiger partial charge in [0.25, 0.3) is 0 Å². The van der Waals surface area contributed by atoms with Gasteiger partial charge in [-0.3, -0.25) is 48.5 Å². The summed E-state index contributed by atoms with van der Waals surface area (Å²) in [6.07, 6.45) is 16.1. The Morgan fingerprint density at radius 1 is 0.409 bits per heavy atom. The number of rotatable bonds is 18. The number of nitrogens with zero attached hydrogens (tertiary/aromatic N) is 12. The van der Waals surface area contributed by atoms with Gasteiger partial charge in [-0.2, -0.15) is 8.61 Å². The molecule has 7 aliphatic rings. The summed E-state index contributed by atoms with van der Waals surface area (Å²) in [6, 6.07) is 46.5. The van der Waals surface area contributed by atoms with Crippen LogP contribution in [0.3, 0.4) is 0 Å². The SMILES string of the molecule is C=S(C)(=O)N1CCN(C(C)C)C(C)C1.CC(C)N1CCCC1c1ccccc1.CC(C)N1CCCCC1C.CC(C)N1CCN(S(=O)(=O)Cc2ccc(F)cc2)CC1C.CC(C)N1CCOCC1.CC(C)N1CCOCC1C.CC(C)c1ccccc1Cl.CC(C)c1cccnc1.CCS(=O)(=O)N1CCN(C(C)C)C(C)C1.Cc1ccccc1C(C)C.Cc1cnccc1C(C)C. The fourth-order valence-electron chi connectivity index (χ4n) is 18.0. The van der Waals surface area contributed by atoms with Crippen molar-refractivity contribution in [3.8, 4) is 0 Å². The molecule has 0 spiro atoms. The third-order valence-corrected chi connectivity index (χ3v) is 31.2. The molecule has 0 aliphatic carbocycles. The molecule has 0 N–H and O–H groups in total. The van der Waals surface area contributed by atoms with Crippen molar-refractivity contribution in [2.75, 3.05) is 130 Å². The molecule has 7 fully saturated rings. The number of morpholine rings is 2. The highest BCUT2D eigenvalue weighted by Gasteiger charge is 2.35. The Morgan fingerprint density at radius 3 is 1.23 bits per heavy atom. The van der Waals surface area contributed by atoms with Crippen LogP contribution in [0, 0.1) is 19.7 Å². The molecule has 7 aliphatic heterocycles. The predicted molar refractivity (Wildman–Crippen MR) is 566 cm³/mol. The highest BCUT2D eigenvalue weighted by molar-refractivity contribution is 7.97. The second-order valence-corrected chi connectivity index (χ2v) is 47.0. The first kappa shape index (κ1) is 121. The standard InChI is InChI=1S/C15H23FN2O2S.C13H19N.C10H22N2O2S.C10H22N2OS.C10H14.C9H11Cl.C9H13N.C9H19N.C8H17NO.C8H11N.C7H15NO/c1-12(2)18-9-8-17(10-13(18)3)21(19,20)11-14-4-6-15(16)7-5-14;1-11(2)14-10-6-9-13(14)12-7-4-3-5-8-12;1-5-15(13,14)11-6-7-12(9(2)3)10(4)8-11;1-9(2)12-7-6-11(8-10(12)3)14(4,5)13;1-8(2)10-7-5-4-6-9(10)3;1-7(2)8-5-3-4-6-9(8)10;1-7(2)9-4-5-10-6-8(9)3;1-8(2)10-7-5-4-6-9(10)3;1-7(2)9-4-5-10-6-8(9)3;1-7(2)8-4-3-5-9-6-8;1-7(2)8-3-5-9-6-4-8/h4-7,12-13H,8-11H2,1-3H3;3-5,7-8,11,13H,6,9-10H2,1-2H3;9-10H,5-8H2,1-4H3;9-10H,4,6-8H2,1-3,5H3;4-8H,1-3H3;3-7H,1-2H3;4-7H,1-3H3;8-9H,4-7H2,1-3H3;7-8H,4-6H2,1-3H3;3-7H,1-2H3;7H,3-6H2,1-2H3. The van der Waals surface area contributed by atoms with E-state index in [4.69, 9.17) is 21.1 Å². The van der Waals surface area contributed by atoms with Crippen LogP contribution in [0.2, 0.25) is 5.02 Å². The number of aryl methyl sites for hydroxylation is 2. The number of pyridine rings is 2. The topological polar surface area (TPSA) is 162 Å². The lowest BCUT2D eigenvalue weighted by Gasteiger charge is -2.42. The molecule has 24 heteroatoms. The molecular formula is C108H186ClFN12O7S3. The van der Waals surface area contributed by atoms with E-state index in [-0.39, 0.29) is 23.4 Å². The second kappa shape index (κ2) is 62.7. The Kier molecular flexibility index (Phi) is 57.5. The lowest BCUT2D eigenvalue weighted by molar-refractivity contribution is -0.0149. The predicted octanol–water partition coefficient (Wildman–Crippen LogP) is 22.1. The van der Waals surface area contributed by atoms with E-state index in [2.05, 4.69) is 324 Å². The number of hydrogen-bond acceptors (Lipinski definition) is 16. The first-order valence-electron chi connectivity index (χ1n) is 49.8. The zero-order valence-corrected chi connectivity index (χ0v) is 91.5. The van der Waals surface area contributed by atoms with Crippen molar-refractivity contribution in [3.63, 3.8) is 0 Å². The molecule has 2 aromatic heterocycles. The lowest BCUT2D eigenvalue weighted by atomic mass is 9.99. The van der Waals surface area contributed by atoms with Crippen molar-refractivity contribution in [1.82, 2.24) is 57.2 Å². The molecular weight excluding hydrogens is 1730 g/mol. The van der Waals surface area contributed by atoms with Crippen molar-refractivity contribution < 1.29 is 34.9 Å². The third kappa shape index (κ3) is 44.8. The normalized spacial score (nSPS) is 21.2. The number of piperidine rings is 1. The van der Waals surface area contributed by atoms with Gasteiger partial charge in [0.1, 0.15) is 5.82 Å². The maximum atomic E-state index is 12.9. The molecule has 7 saturated heterocycles. The van der Waals surface area contributed by atoms with E-state index in [0.29, 0.717) is 116 Å². The van der Waals surface area contributed by atoms with Gasteiger partial charge in [-0.1, -0.05) is 164 Å². The average Bonchev–Trinajstić information content (AvgIpc) is 1.26. The third-order valence-electron chi connectivity index (χ3n) is 25.8. The first-order valence-corrected chi connectivity index (χ1v) is 55.5. The maximum absolute atomic E-state index is 12.9. The number of benzene rings is 4. The molecule has 0 amide bonds. The Morgan fingerprint density at radius 2 is 0.848 bits per heavy atom. The van der Waals surface area contributed by atoms with Gasteiger partial charge in [0.2, 0.25) is 20.0 Å². The van der Waals surface area contributed by atoms with Gasteiger partial charge < -0.3 is 9.47 Å². The molecule has 7 unspecified atom stereocenters. The molecule has 4 aromatic carbocycles. The summed E-state index contributed by atoms with van der Waals surface area (Å²) < 4.78 is 88.7. The van der Waals surface area contributed by atoms with Gasteiger partial charge in [0.05, 0.1) is 37.9 Å². The van der Waals surface area contributed by atoms with E-state index in [1.807, 2.05) is 47.2 Å². The maximum Gasteiger partial charge on any atom is 0.218 e. The highest BCUT2D eigenvalue weighted by atomic mass is 35.5. The van der Waals surface area contributed by atoms with E-state index >= 15 is 0 Å². The molecule has 0 bridgehead atoms. The smallest absolute Gasteiger partial charge is 0.218 e. The quantitative estimate of drug-likeness (QED) is 0.0747. The number of hydrogen-bond donors (Lipinski definition) is 0. The Labute approximate surface area is 813 Å². The lowest BCUT2D eigenvalue weighted by Crippen LogP contribution is -2.55. The molecule has 9 heterocycles. The minimum atomic E-state index is -3.35. The summed E-state index contributed by atoms with van der Waals surface area (Å²) in [7, 11) is -8.34. The van der Waals surface area contributed by atoms with Gasteiger partial charge in [-0.25, -0.2) is 25.5 Å². The van der Waals surface area contributed by atoms with Crippen molar-refractivity contribution in [2.24, 2.45) is 0 Å². The van der Waals surface area contributed by atoms with E-state index in [1.165, 1.54) is 108 Å². The first-order chi connectivity index (χ1) is 62.0. The van der Waals surface area contributed by atoms with Crippen LogP contribution in [0.5, 0.6) is 0 Å². The van der Waals surface area contributed by atoms with Crippen molar-refractivity contribution in [3.05, 3.63) is 201 Å². The molecule has 0 saturated carbocycles. The molecule has 7 atom stereocenters. The van der Waals surface area contributed by atoms with Gasteiger partial charge in [-0.05, 0) is 295 Å². The summed E-state index contributed by atoms with van der Waals surface area (Å²) in [6.45, 7) is 81.6. The zero-order chi connectivity index (χ0) is 99.3. The number of aromatic nitrogens is 2. The molecule has 6 aromatic rings. The molecule has 13 rings (SSSR count). The number of ether oxygens (including phenoxy) is 2. The number of piperazine rings is 3. The summed E-state index contributed by atoms with van der Waals surface area (Å²) in [4.78, 5) is 25.3. The minimum Gasteiger partial charge on any atom is -0.379 e. The van der Waals surface area contributed by atoms with Crippen molar-refractivity contribution in [1.29, 1.82) is 0 Å². The monoisotopic (exact) mass is 1910 g/mol. The Hall–Kier alpha value is -5.16. The van der Waals surface area contributed by atoms with Crippen LogP contribution >= 0.6 is 11.6 Å².